The van der Waals surface area contributed by atoms with Crippen molar-refractivity contribution in [3.63, 3.8) is 0 Å². The van der Waals surface area contributed by atoms with Crippen molar-refractivity contribution < 1.29 is 24.9 Å². The SMILES string of the molecule is O=C([O-])[C@@H](Cc1cc([N+](=O)[O-])c([O-])c([N+](=O)[O-])c1)c1ccccc1. The highest BCUT2D eigenvalue weighted by Gasteiger charge is 2.22. The molecular formula is C15H10N2O7-2. The van der Waals surface area contributed by atoms with Crippen LogP contribution in [0, 0.1) is 20.2 Å². The lowest BCUT2D eigenvalue weighted by atomic mass is 9.91. The van der Waals surface area contributed by atoms with Gasteiger partial charge < -0.3 is 15.0 Å². The molecule has 2 rings (SSSR count). The minimum atomic E-state index is -1.43. The van der Waals surface area contributed by atoms with Gasteiger partial charge in [0.05, 0.1) is 15.6 Å². The number of rotatable bonds is 6. The summed E-state index contributed by atoms with van der Waals surface area (Å²) >= 11 is 0. The molecule has 0 aliphatic heterocycles. The molecule has 0 fully saturated rings. The van der Waals surface area contributed by atoms with Crippen molar-refractivity contribution in [3.05, 3.63) is 73.8 Å². The average molecular weight is 330 g/mol. The van der Waals surface area contributed by atoms with Crippen LogP contribution in [0.5, 0.6) is 5.75 Å². The second-order valence-corrected chi connectivity index (χ2v) is 4.96. The zero-order valence-electron chi connectivity index (χ0n) is 12.1. The summed E-state index contributed by atoms with van der Waals surface area (Å²) in [6.45, 7) is 0. The predicted molar refractivity (Wildman–Crippen MR) is 77.1 cm³/mol. The molecule has 0 saturated carbocycles. The number of benzene rings is 2. The average Bonchev–Trinajstić information content (AvgIpc) is 2.53. The molecule has 0 aliphatic carbocycles. The van der Waals surface area contributed by atoms with Crippen molar-refractivity contribution >= 4 is 17.3 Å². The summed E-state index contributed by atoms with van der Waals surface area (Å²) in [4.78, 5) is 31.1. The molecule has 0 aliphatic rings. The van der Waals surface area contributed by atoms with E-state index in [2.05, 4.69) is 0 Å². The van der Waals surface area contributed by atoms with E-state index in [1.165, 1.54) is 12.1 Å². The molecule has 0 saturated heterocycles. The van der Waals surface area contributed by atoms with Gasteiger partial charge >= 0.3 is 0 Å². The van der Waals surface area contributed by atoms with Crippen molar-refractivity contribution in [2.75, 3.05) is 0 Å². The fourth-order valence-electron chi connectivity index (χ4n) is 2.30. The van der Waals surface area contributed by atoms with E-state index >= 15 is 0 Å². The minimum Gasteiger partial charge on any atom is -0.863 e. The molecular weight excluding hydrogens is 320 g/mol. The Morgan fingerprint density at radius 1 is 1.00 bits per heavy atom. The van der Waals surface area contributed by atoms with Crippen molar-refractivity contribution in [1.29, 1.82) is 0 Å². The van der Waals surface area contributed by atoms with Crippen LogP contribution in [0.3, 0.4) is 0 Å². The standard InChI is InChI=1S/C15H12N2O7/c18-14-12(16(21)22)7-9(8-13(14)17(23)24)6-11(15(19)20)10-4-2-1-3-5-10/h1-5,7-8,11,18H,6H2,(H,19,20)/p-2/t11-/m0/s1. The maximum Gasteiger partial charge on any atom is 0.268 e. The predicted octanol–water partition coefficient (Wildman–Crippen LogP) is 0.653. The Morgan fingerprint density at radius 2 is 1.50 bits per heavy atom. The smallest absolute Gasteiger partial charge is 0.268 e. The number of nitrogens with zero attached hydrogens (tertiary/aromatic N) is 2. The van der Waals surface area contributed by atoms with Gasteiger partial charge in [-0.15, -0.1) is 0 Å². The number of carboxylic acids is 1. The minimum absolute atomic E-state index is 0.00828. The summed E-state index contributed by atoms with van der Waals surface area (Å²) in [6, 6.07) is 9.67. The van der Waals surface area contributed by atoms with Crippen molar-refractivity contribution in [2.24, 2.45) is 0 Å². The van der Waals surface area contributed by atoms with E-state index < -0.39 is 38.9 Å². The molecule has 1 atom stereocenters. The number of nitro benzene ring substituents is 2. The van der Waals surface area contributed by atoms with Crippen LogP contribution in [0.2, 0.25) is 0 Å². The van der Waals surface area contributed by atoms with Gasteiger partial charge in [-0.05, 0) is 17.5 Å². The second kappa shape index (κ2) is 6.73. The van der Waals surface area contributed by atoms with Gasteiger partial charge in [-0.1, -0.05) is 30.3 Å². The van der Waals surface area contributed by atoms with Crippen LogP contribution in [0.15, 0.2) is 42.5 Å². The third-order valence-electron chi connectivity index (χ3n) is 3.43. The molecule has 0 amide bonds. The number of hydrogen-bond donors (Lipinski definition) is 0. The summed E-state index contributed by atoms with van der Waals surface area (Å²) in [7, 11) is 0. The Morgan fingerprint density at radius 3 is 1.92 bits per heavy atom. The third kappa shape index (κ3) is 3.46. The monoisotopic (exact) mass is 330 g/mol. The number of aliphatic carboxylic acids is 1. The summed E-state index contributed by atoms with van der Waals surface area (Å²) in [5, 5.41) is 44.8. The molecule has 0 unspecified atom stereocenters. The van der Waals surface area contributed by atoms with Gasteiger partial charge in [-0.3, -0.25) is 20.2 Å². The van der Waals surface area contributed by atoms with E-state index in [-0.39, 0.29) is 12.0 Å². The highest BCUT2D eigenvalue weighted by molar-refractivity contribution is 5.75. The summed E-state index contributed by atoms with van der Waals surface area (Å²) in [6.07, 6.45) is -0.283. The molecule has 9 nitrogen and oxygen atoms in total. The van der Waals surface area contributed by atoms with Gasteiger partial charge in [-0.25, -0.2) is 0 Å². The molecule has 124 valence electrons. The Hall–Kier alpha value is -3.49. The molecule has 0 aromatic heterocycles. The molecule has 9 heteroatoms. The Kier molecular flexibility index (Phi) is 4.73. The maximum absolute atomic E-state index is 11.7. The lowest BCUT2D eigenvalue weighted by Crippen LogP contribution is -2.31. The summed E-state index contributed by atoms with van der Waals surface area (Å²) < 4.78 is 0. The van der Waals surface area contributed by atoms with Crippen LogP contribution in [-0.4, -0.2) is 15.8 Å². The topological polar surface area (TPSA) is 149 Å². The Bertz CT molecular complexity index is 770. The van der Waals surface area contributed by atoms with E-state index in [0.717, 1.165) is 12.1 Å². The number of carbonyl (C=O) groups excluding carboxylic acids is 1. The largest absolute Gasteiger partial charge is 0.863 e. The zero-order chi connectivity index (χ0) is 17.9. The molecule has 0 radical (unpaired) electrons. The zero-order valence-corrected chi connectivity index (χ0v) is 12.1. The lowest BCUT2D eigenvalue weighted by molar-refractivity contribution is -0.416. The molecule has 2 aromatic rings. The molecule has 2 aromatic carbocycles. The van der Waals surface area contributed by atoms with Crippen LogP contribution in [0.25, 0.3) is 0 Å². The van der Waals surface area contributed by atoms with Crippen LogP contribution in [0.4, 0.5) is 11.4 Å². The van der Waals surface area contributed by atoms with Gasteiger partial charge in [0.2, 0.25) is 0 Å². The van der Waals surface area contributed by atoms with Crippen LogP contribution < -0.4 is 10.2 Å². The second-order valence-electron chi connectivity index (χ2n) is 4.96. The van der Waals surface area contributed by atoms with Gasteiger partial charge in [0.25, 0.3) is 11.4 Å². The van der Waals surface area contributed by atoms with E-state index in [4.69, 9.17) is 0 Å². The number of nitro groups is 2. The summed E-state index contributed by atoms with van der Waals surface area (Å²) in [5.41, 5.74) is -1.56. The summed E-state index contributed by atoms with van der Waals surface area (Å²) in [5.74, 6) is -3.92. The highest BCUT2D eigenvalue weighted by Crippen LogP contribution is 2.35. The first-order chi connectivity index (χ1) is 11.3. The van der Waals surface area contributed by atoms with Crippen LogP contribution in [0.1, 0.15) is 17.0 Å². The van der Waals surface area contributed by atoms with E-state index in [1.54, 1.807) is 18.2 Å². The highest BCUT2D eigenvalue weighted by atomic mass is 16.6. The van der Waals surface area contributed by atoms with Crippen molar-refractivity contribution in [2.45, 2.75) is 12.3 Å². The molecule has 0 spiro atoms. The Balaban J connectivity index is 2.49. The van der Waals surface area contributed by atoms with E-state index in [1.807, 2.05) is 0 Å². The molecule has 24 heavy (non-hydrogen) atoms. The number of hydrogen-bond acceptors (Lipinski definition) is 7. The van der Waals surface area contributed by atoms with E-state index in [0.29, 0.717) is 5.56 Å². The van der Waals surface area contributed by atoms with Gasteiger partial charge in [0.15, 0.2) is 0 Å². The molecule has 0 bridgehead atoms. The number of carbonyl (C=O) groups is 1. The first kappa shape index (κ1) is 16.9. The van der Waals surface area contributed by atoms with E-state index in [9.17, 15) is 35.2 Å². The van der Waals surface area contributed by atoms with Crippen molar-refractivity contribution in [1.82, 2.24) is 0 Å². The fourth-order valence-corrected chi connectivity index (χ4v) is 2.30. The van der Waals surface area contributed by atoms with Gasteiger partial charge in [-0.2, -0.15) is 0 Å². The van der Waals surface area contributed by atoms with Crippen LogP contribution in [-0.2, 0) is 11.2 Å². The quantitative estimate of drug-likeness (QED) is 0.557. The Labute approximate surface area is 135 Å². The third-order valence-corrected chi connectivity index (χ3v) is 3.43. The number of carboxylic acid groups (broad SMARTS) is 1. The lowest BCUT2D eigenvalue weighted by Gasteiger charge is -2.19. The van der Waals surface area contributed by atoms with Gasteiger partial charge in [0.1, 0.15) is 0 Å². The van der Waals surface area contributed by atoms with Gasteiger partial charge in [0, 0.05) is 24.0 Å². The van der Waals surface area contributed by atoms with Crippen LogP contribution >= 0.6 is 0 Å². The maximum atomic E-state index is 11.7. The first-order valence-electron chi connectivity index (χ1n) is 6.69. The molecule has 0 heterocycles. The fraction of sp³-hybridized carbons (Fsp3) is 0.133. The molecule has 0 N–H and O–H groups in total. The first-order valence-corrected chi connectivity index (χ1v) is 6.69. The normalized spacial score (nSPS) is 11.7. The van der Waals surface area contributed by atoms with Crippen molar-refractivity contribution in [3.8, 4) is 5.75 Å².